The van der Waals surface area contributed by atoms with Crippen molar-refractivity contribution < 1.29 is 14.3 Å². The van der Waals surface area contributed by atoms with Gasteiger partial charge in [0.25, 0.3) is 5.91 Å². The van der Waals surface area contributed by atoms with Crippen LogP contribution in [-0.2, 0) is 22.6 Å². The summed E-state index contributed by atoms with van der Waals surface area (Å²) in [6.45, 7) is 0.141. The molecule has 0 aromatic heterocycles. The molecule has 0 bridgehead atoms. The molecule has 0 heterocycles. The largest absolute Gasteiger partial charge is 0.484 e. The van der Waals surface area contributed by atoms with Crippen molar-refractivity contribution in [1.82, 2.24) is 10.2 Å². The lowest BCUT2D eigenvalue weighted by Gasteiger charge is -2.31. The van der Waals surface area contributed by atoms with Crippen LogP contribution >= 0.6 is 15.9 Å². The average Bonchev–Trinajstić information content (AvgIpc) is 2.80. The number of amides is 2. The molecule has 1 atom stereocenters. The van der Waals surface area contributed by atoms with Gasteiger partial charge in [-0.2, -0.15) is 0 Å². The van der Waals surface area contributed by atoms with Crippen LogP contribution in [0.4, 0.5) is 0 Å². The number of carbonyl (C=O) groups is 2. The molecule has 31 heavy (non-hydrogen) atoms. The smallest absolute Gasteiger partial charge is 0.261 e. The summed E-state index contributed by atoms with van der Waals surface area (Å²) in [6, 6.07) is 25.9. The van der Waals surface area contributed by atoms with Crippen LogP contribution in [0, 0.1) is 0 Å². The molecule has 0 spiro atoms. The highest BCUT2D eigenvalue weighted by atomic mass is 79.9. The maximum atomic E-state index is 13.3. The topological polar surface area (TPSA) is 58.6 Å². The lowest BCUT2D eigenvalue weighted by Crippen LogP contribution is -2.51. The van der Waals surface area contributed by atoms with E-state index in [1.54, 1.807) is 24.1 Å². The van der Waals surface area contributed by atoms with Gasteiger partial charge in [-0.1, -0.05) is 76.6 Å². The predicted octanol–water partition coefficient (Wildman–Crippen LogP) is 4.21. The second kappa shape index (κ2) is 11.3. The minimum absolute atomic E-state index is 0.152. The first-order valence-corrected chi connectivity index (χ1v) is 10.8. The van der Waals surface area contributed by atoms with Gasteiger partial charge in [0.2, 0.25) is 5.91 Å². The molecule has 0 radical (unpaired) electrons. The number of halogens is 1. The lowest BCUT2D eigenvalue weighted by atomic mass is 10.0. The Balaban J connectivity index is 1.87. The maximum Gasteiger partial charge on any atom is 0.261 e. The van der Waals surface area contributed by atoms with E-state index in [1.807, 2.05) is 72.8 Å². The third-order valence-electron chi connectivity index (χ3n) is 4.86. The number of likely N-dealkylation sites (N-methyl/N-ethyl adjacent to an activating group) is 1. The Kier molecular flexibility index (Phi) is 8.24. The van der Waals surface area contributed by atoms with Crippen molar-refractivity contribution in [3.05, 3.63) is 101 Å². The van der Waals surface area contributed by atoms with Crippen molar-refractivity contribution in [3.8, 4) is 5.75 Å². The molecule has 0 saturated carbocycles. The van der Waals surface area contributed by atoms with E-state index in [0.29, 0.717) is 18.7 Å². The number of hydrogen-bond acceptors (Lipinski definition) is 3. The van der Waals surface area contributed by atoms with Gasteiger partial charge in [-0.3, -0.25) is 9.59 Å². The summed E-state index contributed by atoms with van der Waals surface area (Å²) in [7, 11) is 1.59. The molecule has 0 unspecified atom stereocenters. The molecule has 160 valence electrons. The van der Waals surface area contributed by atoms with Gasteiger partial charge in [-0.25, -0.2) is 0 Å². The predicted molar refractivity (Wildman–Crippen MR) is 125 cm³/mol. The zero-order valence-electron chi connectivity index (χ0n) is 17.3. The van der Waals surface area contributed by atoms with E-state index in [-0.39, 0.29) is 18.4 Å². The molecule has 5 nitrogen and oxygen atoms in total. The number of hydrogen-bond donors (Lipinski definition) is 1. The van der Waals surface area contributed by atoms with Gasteiger partial charge in [0.1, 0.15) is 11.8 Å². The molecular weight excluding hydrogens is 456 g/mol. The van der Waals surface area contributed by atoms with Gasteiger partial charge in [0.15, 0.2) is 6.61 Å². The molecule has 0 aliphatic rings. The standard InChI is InChI=1S/C25H25BrN2O3/c1-27-25(30)23(16-19-9-4-2-5-10-19)28(17-20-11-8-12-21(26)15-20)24(29)18-31-22-13-6-3-7-14-22/h2-15,23H,16-18H2,1H3,(H,27,30)/t23-/m1/s1. The van der Waals surface area contributed by atoms with Crippen LogP contribution in [0.3, 0.4) is 0 Å². The fraction of sp³-hybridized carbons (Fsp3) is 0.200. The van der Waals surface area contributed by atoms with Crippen LogP contribution in [0.25, 0.3) is 0 Å². The lowest BCUT2D eigenvalue weighted by molar-refractivity contribution is -0.142. The Morgan fingerprint density at radius 3 is 2.23 bits per heavy atom. The van der Waals surface area contributed by atoms with Crippen molar-refractivity contribution >= 4 is 27.7 Å². The number of benzene rings is 3. The van der Waals surface area contributed by atoms with Crippen LogP contribution in [-0.4, -0.2) is 36.4 Å². The second-order valence-electron chi connectivity index (χ2n) is 7.07. The summed E-state index contributed by atoms with van der Waals surface area (Å²) in [5, 5.41) is 2.71. The highest BCUT2D eigenvalue weighted by molar-refractivity contribution is 9.10. The Labute approximate surface area is 191 Å². The zero-order valence-corrected chi connectivity index (χ0v) is 18.9. The van der Waals surface area contributed by atoms with Gasteiger partial charge >= 0.3 is 0 Å². The van der Waals surface area contributed by atoms with Crippen LogP contribution < -0.4 is 10.1 Å². The minimum Gasteiger partial charge on any atom is -0.484 e. The number of para-hydroxylation sites is 1. The highest BCUT2D eigenvalue weighted by Crippen LogP contribution is 2.18. The van der Waals surface area contributed by atoms with Gasteiger partial charge in [-0.15, -0.1) is 0 Å². The fourth-order valence-electron chi connectivity index (χ4n) is 3.30. The third-order valence-corrected chi connectivity index (χ3v) is 5.36. The van der Waals surface area contributed by atoms with E-state index in [1.165, 1.54) is 0 Å². The zero-order chi connectivity index (χ0) is 22.1. The quantitative estimate of drug-likeness (QED) is 0.498. The molecule has 1 N–H and O–H groups in total. The molecule has 3 aromatic rings. The maximum absolute atomic E-state index is 13.3. The molecule has 0 saturated heterocycles. The Morgan fingerprint density at radius 1 is 0.935 bits per heavy atom. The van der Waals surface area contributed by atoms with Crippen molar-refractivity contribution in [2.45, 2.75) is 19.0 Å². The first-order chi connectivity index (χ1) is 15.1. The number of carbonyl (C=O) groups excluding carboxylic acids is 2. The van der Waals surface area contributed by atoms with Gasteiger partial charge < -0.3 is 15.0 Å². The molecule has 6 heteroatoms. The summed E-state index contributed by atoms with van der Waals surface area (Å²) >= 11 is 3.48. The van der Waals surface area contributed by atoms with E-state index in [2.05, 4.69) is 21.2 Å². The van der Waals surface area contributed by atoms with Crippen LogP contribution in [0.5, 0.6) is 5.75 Å². The number of nitrogens with one attached hydrogen (secondary N) is 1. The molecule has 3 aromatic carbocycles. The number of rotatable bonds is 9. The first-order valence-electron chi connectivity index (χ1n) is 10.0. The average molecular weight is 481 g/mol. The van der Waals surface area contributed by atoms with Crippen molar-refractivity contribution in [2.24, 2.45) is 0 Å². The number of ether oxygens (including phenoxy) is 1. The van der Waals surface area contributed by atoms with Crippen molar-refractivity contribution in [1.29, 1.82) is 0 Å². The second-order valence-corrected chi connectivity index (χ2v) is 7.99. The Bertz CT molecular complexity index is 996. The Hall–Kier alpha value is -3.12. The molecule has 0 aliphatic heterocycles. The highest BCUT2D eigenvalue weighted by Gasteiger charge is 2.30. The van der Waals surface area contributed by atoms with Crippen molar-refractivity contribution in [2.75, 3.05) is 13.7 Å². The summed E-state index contributed by atoms with van der Waals surface area (Å²) < 4.78 is 6.61. The van der Waals surface area contributed by atoms with E-state index in [4.69, 9.17) is 4.74 Å². The SMILES string of the molecule is CNC(=O)[C@@H](Cc1ccccc1)N(Cc1cccc(Br)c1)C(=O)COc1ccccc1. The number of nitrogens with zero attached hydrogens (tertiary/aromatic N) is 1. The van der Waals surface area contributed by atoms with Crippen molar-refractivity contribution in [3.63, 3.8) is 0 Å². The Morgan fingerprint density at radius 2 is 1.58 bits per heavy atom. The monoisotopic (exact) mass is 480 g/mol. The summed E-state index contributed by atoms with van der Waals surface area (Å²) in [5.74, 6) is 0.137. The van der Waals surface area contributed by atoms with Gasteiger partial charge in [-0.05, 0) is 35.4 Å². The van der Waals surface area contributed by atoms with E-state index in [0.717, 1.165) is 15.6 Å². The van der Waals surface area contributed by atoms with E-state index >= 15 is 0 Å². The minimum atomic E-state index is -0.668. The third kappa shape index (κ3) is 6.69. The molecule has 2 amide bonds. The summed E-state index contributed by atoms with van der Waals surface area (Å²) in [6.07, 6.45) is 0.408. The van der Waals surface area contributed by atoms with Crippen LogP contribution in [0.2, 0.25) is 0 Å². The van der Waals surface area contributed by atoms with Crippen LogP contribution in [0.15, 0.2) is 89.4 Å². The van der Waals surface area contributed by atoms with E-state index in [9.17, 15) is 9.59 Å². The first kappa shape index (κ1) is 22.6. The normalized spacial score (nSPS) is 11.4. The van der Waals surface area contributed by atoms with Gasteiger partial charge in [0, 0.05) is 24.5 Å². The van der Waals surface area contributed by atoms with E-state index < -0.39 is 6.04 Å². The van der Waals surface area contributed by atoms with Crippen LogP contribution in [0.1, 0.15) is 11.1 Å². The summed E-state index contributed by atoms with van der Waals surface area (Å²) in [4.78, 5) is 27.7. The molecule has 3 rings (SSSR count). The summed E-state index contributed by atoms with van der Waals surface area (Å²) in [5.41, 5.74) is 1.90. The molecule has 0 fully saturated rings. The molecule has 0 aliphatic carbocycles. The molecular formula is C25H25BrN2O3. The fourth-order valence-corrected chi connectivity index (χ4v) is 3.74. The van der Waals surface area contributed by atoms with Gasteiger partial charge in [0.05, 0.1) is 0 Å².